The number of nitrogens with one attached hydrogen (secondary N) is 1. The van der Waals surface area contributed by atoms with Crippen LogP contribution in [0.1, 0.15) is 36.2 Å². The number of likely N-dealkylation sites (tertiary alicyclic amines) is 1. The number of amides is 1. The first kappa shape index (κ1) is 16.2. The molecule has 23 heavy (non-hydrogen) atoms. The molecule has 0 aliphatic carbocycles. The van der Waals surface area contributed by atoms with Crippen LogP contribution in [0.25, 0.3) is 0 Å². The predicted molar refractivity (Wildman–Crippen MR) is 92.4 cm³/mol. The van der Waals surface area contributed by atoms with E-state index in [1.165, 1.54) is 4.88 Å². The van der Waals surface area contributed by atoms with Gasteiger partial charge in [-0.25, -0.2) is 0 Å². The van der Waals surface area contributed by atoms with Gasteiger partial charge in [0.2, 0.25) is 5.91 Å². The Morgan fingerprint density at radius 3 is 3.13 bits per heavy atom. The molecule has 1 aliphatic rings. The molecule has 6 heteroatoms. The lowest BCUT2D eigenvalue weighted by molar-refractivity contribution is -0.131. The SMILES string of the molecule is Cc1cnn(C[C@H](C)NCC(=O)N2CCC[C@@H]2c2cccs2)c1. The molecule has 0 unspecified atom stereocenters. The molecule has 1 aliphatic heterocycles. The van der Waals surface area contributed by atoms with Gasteiger partial charge < -0.3 is 10.2 Å². The Bertz CT molecular complexity index is 637. The van der Waals surface area contributed by atoms with Crippen LogP contribution in [0.4, 0.5) is 0 Å². The highest BCUT2D eigenvalue weighted by molar-refractivity contribution is 7.10. The fraction of sp³-hybridized carbons (Fsp3) is 0.529. The van der Waals surface area contributed by atoms with Crippen molar-refractivity contribution in [3.05, 3.63) is 40.3 Å². The summed E-state index contributed by atoms with van der Waals surface area (Å²) < 4.78 is 1.92. The molecule has 0 spiro atoms. The van der Waals surface area contributed by atoms with E-state index in [4.69, 9.17) is 0 Å². The molecule has 0 radical (unpaired) electrons. The normalized spacial score (nSPS) is 19.2. The summed E-state index contributed by atoms with van der Waals surface area (Å²) in [7, 11) is 0. The number of hydrogen-bond donors (Lipinski definition) is 1. The Kier molecular flexibility index (Phi) is 5.13. The lowest BCUT2D eigenvalue weighted by Crippen LogP contribution is -2.41. The minimum atomic E-state index is 0.199. The first-order valence-corrected chi connectivity index (χ1v) is 9.07. The molecular weight excluding hydrogens is 308 g/mol. The van der Waals surface area contributed by atoms with Crippen molar-refractivity contribution in [3.63, 3.8) is 0 Å². The van der Waals surface area contributed by atoms with Gasteiger partial charge in [-0.3, -0.25) is 9.48 Å². The van der Waals surface area contributed by atoms with Crippen LogP contribution in [0.3, 0.4) is 0 Å². The van der Waals surface area contributed by atoms with Gasteiger partial charge in [-0.05, 0) is 43.7 Å². The number of rotatable bonds is 6. The van der Waals surface area contributed by atoms with Crippen molar-refractivity contribution >= 4 is 17.2 Å². The van der Waals surface area contributed by atoms with E-state index in [1.807, 2.05) is 28.9 Å². The summed E-state index contributed by atoms with van der Waals surface area (Å²) in [6.45, 7) is 6.16. The fourth-order valence-corrected chi connectivity index (χ4v) is 3.99. The Morgan fingerprint density at radius 2 is 2.43 bits per heavy atom. The van der Waals surface area contributed by atoms with E-state index < -0.39 is 0 Å². The minimum absolute atomic E-state index is 0.199. The van der Waals surface area contributed by atoms with Gasteiger partial charge in [-0.15, -0.1) is 11.3 Å². The molecule has 3 rings (SSSR count). The van der Waals surface area contributed by atoms with Gasteiger partial charge in [0.25, 0.3) is 0 Å². The Hall–Kier alpha value is -1.66. The predicted octanol–water partition coefficient (Wildman–Crippen LogP) is 2.59. The Balaban J connectivity index is 1.50. The zero-order valence-electron chi connectivity index (χ0n) is 13.7. The minimum Gasteiger partial charge on any atom is -0.334 e. The lowest BCUT2D eigenvalue weighted by atomic mass is 10.2. The van der Waals surface area contributed by atoms with Crippen molar-refractivity contribution in [1.29, 1.82) is 0 Å². The zero-order chi connectivity index (χ0) is 16.2. The number of aryl methyl sites for hydroxylation is 1. The molecule has 5 nitrogen and oxygen atoms in total. The Labute approximate surface area is 141 Å². The van der Waals surface area contributed by atoms with Crippen LogP contribution in [0.5, 0.6) is 0 Å². The molecule has 1 N–H and O–H groups in total. The summed E-state index contributed by atoms with van der Waals surface area (Å²) in [5, 5.41) is 9.71. The van der Waals surface area contributed by atoms with Crippen LogP contribution in [0.2, 0.25) is 0 Å². The van der Waals surface area contributed by atoms with Gasteiger partial charge in [0.05, 0.1) is 25.3 Å². The summed E-state index contributed by atoms with van der Waals surface area (Å²) in [5.74, 6) is 0.199. The molecule has 1 saturated heterocycles. The van der Waals surface area contributed by atoms with E-state index in [2.05, 4.69) is 34.9 Å². The molecule has 2 aromatic heterocycles. The molecule has 3 heterocycles. The maximum absolute atomic E-state index is 12.6. The van der Waals surface area contributed by atoms with Crippen molar-refractivity contribution in [2.75, 3.05) is 13.1 Å². The average Bonchev–Trinajstić information content (AvgIpc) is 3.25. The van der Waals surface area contributed by atoms with Crippen molar-refractivity contribution in [2.45, 2.75) is 45.3 Å². The second kappa shape index (κ2) is 7.27. The number of hydrogen-bond acceptors (Lipinski definition) is 4. The van der Waals surface area contributed by atoms with E-state index in [1.54, 1.807) is 11.3 Å². The number of aromatic nitrogens is 2. The molecule has 0 saturated carbocycles. The monoisotopic (exact) mass is 332 g/mol. The first-order valence-electron chi connectivity index (χ1n) is 8.19. The second-order valence-corrected chi connectivity index (χ2v) is 7.26. The fourth-order valence-electron chi connectivity index (χ4n) is 3.12. The van der Waals surface area contributed by atoms with Gasteiger partial charge in [0, 0.05) is 23.7 Å². The highest BCUT2D eigenvalue weighted by atomic mass is 32.1. The van der Waals surface area contributed by atoms with Crippen LogP contribution < -0.4 is 5.32 Å². The van der Waals surface area contributed by atoms with E-state index >= 15 is 0 Å². The van der Waals surface area contributed by atoms with Crippen LogP contribution in [0.15, 0.2) is 29.9 Å². The standard InChI is InChI=1S/C17H24N4OS/c1-13-9-19-20(11-13)12-14(2)18-10-17(22)21-7-3-5-15(21)16-6-4-8-23-16/h4,6,8-9,11,14-15,18H,3,5,7,10,12H2,1-2H3/t14-,15+/m0/s1. The van der Waals surface area contributed by atoms with Gasteiger partial charge >= 0.3 is 0 Å². The third-order valence-electron chi connectivity index (χ3n) is 4.27. The maximum atomic E-state index is 12.6. The first-order chi connectivity index (χ1) is 11.1. The molecule has 0 aromatic carbocycles. The summed E-state index contributed by atoms with van der Waals surface area (Å²) in [5.41, 5.74) is 1.16. The average molecular weight is 332 g/mol. The summed E-state index contributed by atoms with van der Waals surface area (Å²) >= 11 is 1.74. The van der Waals surface area contributed by atoms with Gasteiger partial charge in [-0.2, -0.15) is 5.10 Å². The quantitative estimate of drug-likeness (QED) is 0.884. The van der Waals surface area contributed by atoms with E-state index in [0.29, 0.717) is 6.54 Å². The molecular formula is C17H24N4OS. The third-order valence-corrected chi connectivity index (χ3v) is 5.24. The van der Waals surface area contributed by atoms with Gasteiger partial charge in [0.1, 0.15) is 0 Å². The van der Waals surface area contributed by atoms with E-state index in [9.17, 15) is 4.79 Å². The van der Waals surface area contributed by atoms with Crippen LogP contribution in [0, 0.1) is 6.92 Å². The summed E-state index contributed by atoms with van der Waals surface area (Å²) in [6.07, 6.45) is 6.05. The van der Waals surface area contributed by atoms with Crippen LogP contribution >= 0.6 is 11.3 Å². The van der Waals surface area contributed by atoms with Crippen molar-refractivity contribution in [2.24, 2.45) is 0 Å². The van der Waals surface area contributed by atoms with Crippen molar-refractivity contribution < 1.29 is 4.79 Å². The molecule has 2 aromatic rings. The number of thiophene rings is 1. The number of carbonyl (C=O) groups excluding carboxylic acids is 1. The number of carbonyl (C=O) groups is 1. The Morgan fingerprint density at radius 1 is 1.57 bits per heavy atom. The largest absolute Gasteiger partial charge is 0.334 e. The lowest BCUT2D eigenvalue weighted by Gasteiger charge is -2.25. The molecule has 1 fully saturated rings. The van der Waals surface area contributed by atoms with Crippen LogP contribution in [-0.4, -0.2) is 39.7 Å². The van der Waals surface area contributed by atoms with Gasteiger partial charge in [0.15, 0.2) is 0 Å². The molecule has 124 valence electrons. The van der Waals surface area contributed by atoms with Crippen LogP contribution in [-0.2, 0) is 11.3 Å². The van der Waals surface area contributed by atoms with E-state index in [0.717, 1.165) is 31.5 Å². The molecule has 1 amide bonds. The third kappa shape index (κ3) is 4.00. The van der Waals surface area contributed by atoms with E-state index in [-0.39, 0.29) is 18.0 Å². The maximum Gasteiger partial charge on any atom is 0.237 e. The summed E-state index contributed by atoms with van der Waals surface area (Å²) in [4.78, 5) is 15.9. The van der Waals surface area contributed by atoms with Gasteiger partial charge in [-0.1, -0.05) is 6.07 Å². The second-order valence-electron chi connectivity index (χ2n) is 6.28. The topological polar surface area (TPSA) is 50.2 Å². The molecule has 2 atom stereocenters. The highest BCUT2D eigenvalue weighted by Crippen LogP contribution is 2.34. The molecule has 0 bridgehead atoms. The van der Waals surface area contributed by atoms with Crippen molar-refractivity contribution in [1.82, 2.24) is 20.0 Å². The van der Waals surface area contributed by atoms with Crippen molar-refractivity contribution in [3.8, 4) is 0 Å². The highest BCUT2D eigenvalue weighted by Gasteiger charge is 2.30. The number of nitrogens with zero attached hydrogens (tertiary/aromatic N) is 3. The summed E-state index contributed by atoms with van der Waals surface area (Å²) in [6, 6.07) is 4.68. The zero-order valence-corrected chi connectivity index (χ0v) is 14.6. The smallest absolute Gasteiger partial charge is 0.237 e.